The van der Waals surface area contributed by atoms with Crippen LogP contribution in [0.15, 0.2) is 60.7 Å². The molecule has 0 spiro atoms. The molecular weight excluding hydrogens is 471 g/mol. The van der Waals surface area contributed by atoms with E-state index in [0.717, 1.165) is 15.9 Å². The molecule has 0 amide bonds. The molecule has 3 aromatic rings. The van der Waals surface area contributed by atoms with Crippen LogP contribution in [0.2, 0.25) is 0 Å². The molecule has 0 aliphatic carbocycles. The molecule has 6 nitrogen and oxygen atoms in total. The topological polar surface area (TPSA) is 83.9 Å². The van der Waals surface area contributed by atoms with Gasteiger partial charge in [-0.25, -0.2) is 21.6 Å². The van der Waals surface area contributed by atoms with Crippen LogP contribution in [0.25, 0.3) is 11.1 Å². The van der Waals surface area contributed by atoms with Gasteiger partial charge in [-0.3, -0.25) is 4.79 Å². The fraction of sp³-hybridized carbons (Fsp3) is 0.208. The fourth-order valence-corrected chi connectivity index (χ4v) is 4.27. The van der Waals surface area contributed by atoms with Crippen molar-refractivity contribution in [3.05, 3.63) is 89.2 Å². The highest BCUT2D eigenvalue weighted by Crippen LogP contribution is 2.27. The van der Waals surface area contributed by atoms with Crippen molar-refractivity contribution in [2.45, 2.75) is 20.1 Å². The van der Waals surface area contributed by atoms with Gasteiger partial charge in [0.25, 0.3) is 0 Å². The third kappa shape index (κ3) is 6.36. The van der Waals surface area contributed by atoms with Gasteiger partial charge in [-0.15, -0.1) is 0 Å². The summed E-state index contributed by atoms with van der Waals surface area (Å²) < 4.78 is 71.6. The number of sulfonamides is 1. The van der Waals surface area contributed by atoms with Crippen molar-refractivity contribution in [1.82, 2.24) is 4.31 Å². The van der Waals surface area contributed by atoms with E-state index in [-0.39, 0.29) is 24.5 Å². The molecular formula is C24H22F3NO5S. The Bertz CT molecular complexity index is 1280. The summed E-state index contributed by atoms with van der Waals surface area (Å²) in [6.07, 6.45) is 0. The lowest BCUT2D eigenvalue weighted by atomic mass is 10.0. The number of benzene rings is 3. The molecule has 1 N–H and O–H groups in total. The highest BCUT2D eigenvalue weighted by Gasteiger charge is 2.23. The zero-order chi connectivity index (χ0) is 24.9. The number of nitrogens with zero attached hydrogens (tertiary/aromatic N) is 1. The van der Waals surface area contributed by atoms with Crippen LogP contribution in [0.5, 0.6) is 5.75 Å². The highest BCUT2D eigenvalue weighted by molar-refractivity contribution is 7.89. The van der Waals surface area contributed by atoms with E-state index in [4.69, 9.17) is 9.84 Å². The maximum atomic E-state index is 14.0. The van der Waals surface area contributed by atoms with Crippen LogP contribution in [0.4, 0.5) is 13.2 Å². The Kier molecular flexibility index (Phi) is 7.95. The molecule has 0 bridgehead atoms. The Morgan fingerprint density at radius 2 is 1.59 bits per heavy atom. The molecule has 34 heavy (non-hydrogen) atoms. The Morgan fingerprint density at radius 3 is 2.24 bits per heavy atom. The molecule has 0 aromatic heterocycles. The molecule has 0 saturated carbocycles. The number of carboxylic acids is 1. The lowest BCUT2D eigenvalue weighted by Crippen LogP contribution is -2.36. The normalized spacial score (nSPS) is 11.6. The van der Waals surface area contributed by atoms with Gasteiger partial charge in [-0.05, 0) is 41.8 Å². The zero-order valence-corrected chi connectivity index (χ0v) is 19.0. The zero-order valence-electron chi connectivity index (χ0n) is 18.2. The van der Waals surface area contributed by atoms with Crippen molar-refractivity contribution in [2.24, 2.45) is 0 Å². The van der Waals surface area contributed by atoms with Gasteiger partial charge < -0.3 is 9.84 Å². The van der Waals surface area contributed by atoms with Crippen LogP contribution < -0.4 is 4.74 Å². The number of ether oxygens (including phenoxy) is 1. The average molecular weight is 494 g/mol. The van der Waals surface area contributed by atoms with Gasteiger partial charge in [0, 0.05) is 18.2 Å². The van der Waals surface area contributed by atoms with Crippen LogP contribution in [-0.4, -0.2) is 36.1 Å². The Hall–Kier alpha value is -3.37. The number of aliphatic carboxylic acids is 1. The summed E-state index contributed by atoms with van der Waals surface area (Å²) in [6.45, 7) is 0.847. The van der Waals surface area contributed by atoms with Gasteiger partial charge in [0.15, 0.2) is 11.6 Å². The number of hydrogen-bond acceptors (Lipinski definition) is 4. The van der Waals surface area contributed by atoms with Gasteiger partial charge in [0.2, 0.25) is 10.0 Å². The van der Waals surface area contributed by atoms with E-state index in [1.807, 2.05) is 0 Å². The van der Waals surface area contributed by atoms with Crippen LogP contribution >= 0.6 is 0 Å². The maximum absolute atomic E-state index is 14.0. The molecule has 0 fully saturated rings. The van der Waals surface area contributed by atoms with Crippen molar-refractivity contribution < 1.29 is 36.2 Å². The van der Waals surface area contributed by atoms with Gasteiger partial charge in [0.05, 0.1) is 5.75 Å². The van der Waals surface area contributed by atoms with E-state index >= 15 is 0 Å². The van der Waals surface area contributed by atoms with Crippen molar-refractivity contribution in [1.29, 1.82) is 0 Å². The summed E-state index contributed by atoms with van der Waals surface area (Å²) in [5.41, 5.74) is 1.59. The second kappa shape index (κ2) is 10.7. The average Bonchev–Trinajstić information content (AvgIpc) is 2.80. The second-order valence-electron chi connectivity index (χ2n) is 7.44. The van der Waals surface area contributed by atoms with Crippen molar-refractivity contribution in [3.63, 3.8) is 0 Å². The third-order valence-corrected chi connectivity index (χ3v) is 6.78. The fourth-order valence-electron chi connectivity index (χ4n) is 3.25. The minimum atomic E-state index is -3.71. The number of hydrogen-bond donors (Lipinski definition) is 1. The Morgan fingerprint density at radius 1 is 0.941 bits per heavy atom. The van der Waals surface area contributed by atoms with Crippen molar-refractivity contribution >= 4 is 16.0 Å². The van der Waals surface area contributed by atoms with Crippen molar-refractivity contribution in [2.75, 3.05) is 12.3 Å². The molecule has 0 atom stereocenters. The van der Waals surface area contributed by atoms with Crippen LogP contribution in [-0.2, 0) is 28.0 Å². The molecule has 0 unspecified atom stereocenters. The van der Waals surface area contributed by atoms with E-state index < -0.39 is 40.0 Å². The first-order chi connectivity index (χ1) is 16.1. The van der Waals surface area contributed by atoms with Crippen LogP contribution in [0.1, 0.15) is 18.1 Å². The maximum Gasteiger partial charge on any atom is 0.318 e. The molecule has 0 aliphatic rings. The van der Waals surface area contributed by atoms with Gasteiger partial charge in [0.1, 0.15) is 24.7 Å². The van der Waals surface area contributed by atoms with E-state index in [1.165, 1.54) is 19.1 Å². The molecule has 10 heteroatoms. The van der Waals surface area contributed by atoms with E-state index in [2.05, 4.69) is 0 Å². The monoisotopic (exact) mass is 493 g/mol. The summed E-state index contributed by atoms with van der Waals surface area (Å²) in [4.78, 5) is 11.1. The largest absolute Gasteiger partial charge is 0.489 e. The first-order valence-corrected chi connectivity index (χ1v) is 11.8. The number of rotatable bonds is 10. The van der Waals surface area contributed by atoms with Gasteiger partial charge in [-0.2, -0.15) is 4.31 Å². The Balaban J connectivity index is 1.69. The smallest absolute Gasteiger partial charge is 0.318 e. The predicted octanol–water partition coefficient (Wildman–Crippen LogP) is 4.59. The molecule has 180 valence electrons. The van der Waals surface area contributed by atoms with Gasteiger partial charge in [-0.1, -0.05) is 36.4 Å². The molecule has 3 rings (SSSR count). The van der Waals surface area contributed by atoms with Crippen LogP contribution in [0, 0.1) is 17.5 Å². The highest BCUT2D eigenvalue weighted by atomic mass is 32.2. The first kappa shape index (κ1) is 25.3. The first-order valence-electron chi connectivity index (χ1n) is 10.2. The molecule has 0 saturated heterocycles. The van der Waals surface area contributed by atoms with Crippen LogP contribution in [0.3, 0.4) is 0 Å². The Labute approximate surface area is 195 Å². The summed E-state index contributed by atoms with van der Waals surface area (Å²) in [6, 6.07) is 14.3. The summed E-state index contributed by atoms with van der Waals surface area (Å²) in [5.74, 6) is -4.31. The summed E-state index contributed by atoms with van der Waals surface area (Å²) in [5, 5.41) is 9.04. The lowest BCUT2D eigenvalue weighted by Gasteiger charge is -2.20. The quantitative estimate of drug-likeness (QED) is 0.418. The minimum absolute atomic E-state index is 0.0777. The molecule has 0 aliphatic heterocycles. The third-order valence-electron chi connectivity index (χ3n) is 5.00. The van der Waals surface area contributed by atoms with E-state index in [9.17, 15) is 26.4 Å². The number of halogens is 3. The SMILES string of the molecule is CCS(=O)(=O)N(CC(=O)O)Cc1cccc(COc2ccc(-c3cc(F)c(F)cc3F)cc2)c1. The summed E-state index contributed by atoms with van der Waals surface area (Å²) >= 11 is 0. The predicted molar refractivity (Wildman–Crippen MR) is 120 cm³/mol. The van der Waals surface area contributed by atoms with Crippen molar-refractivity contribution in [3.8, 4) is 16.9 Å². The standard InChI is InChI=1S/C24H22F3NO5S/c1-2-34(31,32)28(14-24(29)30)13-16-4-3-5-17(10-16)15-33-19-8-6-18(7-9-19)20-11-22(26)23(27)12-21(20)25/h3-12H,2,13-15H2,1H3,(H,29,30). The van der Waals surface area contributed by atoms with E-state index in [0.29, 0.717) is 22.9 Å². The molecule has 0 heterocycles. The second-order valence-corrected chi connectivity index (χ2v) is 9.70. The minimum Gasteiger partial charge on any atom is -0.489 e. The van der Waals surface area contributed by atoms with E-state index in [1.54, 1.807) is 36.4 Å². The summed E-state index contributed by atoms with van der Waals surface area (Å²) in [7, 11) is -3.71. The molecule has 0 radical (unpaired) electrons. The number of carbonyl (C=O) groups is 1. The number of carboxylic acid groups (broad SMARTS) is 1. The lowest BCUT2D eigenvalue weighted by molar-refractivity contribution is -0.137. The molecule has 3 aromatic carbocycles. The van der Waals surface area contributed by atoms with Gasteiger partial charge >= 0.3 is 5.97 Å².